The fourth-order valence-corrected chi connectivity index (χ4v) is 1.88. The van der Waals surface area contributed by atoms with Gasteiger partial charge in [0.2, 0.25) is 0 Å². The molecule has 0 bridgehead atoms. The summed E-state index contributed by atoms with van der Waals surface area (Å²) in [5.74, 6) is 1.68. The number of ether oxygens (including phenoxy) is 1. The molecule has 19 heavy (non-hydrogen) atoms. The van der Waals surface area contributed by atoms with E-state index in [1.807, 2.05) is 32.0 Å². The van der Waals surface area contributed by atoms with Crippen molar-refractivity contribution in [3.63, 3.8) is 0 Å². The fourth-order valence-electron chi connectivity index (χ4n) is 1.88. The Labute approximate surface area is 113 Å². The lowest BCUT2D eigenvalue weighted by molar-refractivity contribution is 0.340. The lowest BCUT2D eigenvalue weighted by Crippen LogP contribution is -2.08. The molecule has 1 atom stereocenters. The molecule has 1 unspecified atom stereocenters. The number of hydrogen-bond donors (Lipinski definition) is 1. The maximum atomic E-state index is 5.51. The molecule has 2 rings (SSSR count). The van der Waals surface area contributed by atoms with E-state index in [-0.39, 0.29) is 6.04 Å². The minimum absolute atomic E-state index is 0.150. The van der Waals surface area contributed by atoms with Crippen molar-refractivity contribution in [1.29, 1.82) is 0 Å². The summed E-state index contributed by atoms with van der Waals surface area (Å²) in [6.45, 7) is 6.68. The van der Waals surface area contributed by atoms with Gasteiger partial charge in [-0.2, -0.15) is 0 Å². The van der Waals surface area contributed by atoms with Crippen LogP contribution in [0.1, 0.15) is 31.1 Å². The van der Waals surface area contributed by atoms with Crippen LogP contribution in [0.25, 0.3) is 0 Å². The number of nitrogens with zero attached hydrogens (tertiary/aromatic N) is 2. The van der Waals surface area contributed by atoms with Gasteiger partial charge in [-0.25, -0.2) is 4.98 Å². The predicted octanol–water partition coefficient (Wildman–Crippen LogP) is 3.36. The van der Waals surface area contributed by atoms with E-state index in [0.717, 1.165) is 22.8 Å². The molecule has 0 saturated carbocycles. The minimum Gasteiger partial charge on any atom is -0.494 e. The molecule has 0 amide bonds. The fraction of sp³-hybridized carbons (Fsp3) is 0.333. The van der Waals surface area contributed by atoms with Crippen LogP contribution in [0.5, 0.6) is 5.75 Å². The summed E-state index contributed by atoms with van der Waals surface area (Å²) in [5.41, 5.74) is 2.06. The summed E-state index contributed by atoms with van der Waals surface area (Å²) >= 11 is 0. The van der Waals surface area contributed by atoms with Crippen molar-refractivity contribution in [3.8, 4) is 5.75 Å². The van der Waals surface area contributed by atoms with Crippen LogP contribution in [-0.4, -0.2) is 16.6 Å². The van der Waals surface area contributed by atoms with Crippen molar-refractivity contribution in [3.05, 3.63) is 47.9 Å². The molecule has 2 aromatic rings. The molecule has 0 aliphatic heterocycles. The number of hydrogen-bond acceptors (Lipinski definition) is 4. The first-order valence-corrected chi connectivity index (χ1v) is 6.47. The summed E-state index contributed by atoms with van der Waals surface area (Å²) in [5, 5.41) is 3.34. The van der Waals surface area contributed by atoms with E-state index < -0.39 is 0 Å². The number of benzene rings is 1. The van der Waals surface area contributed by atoms with Crippen molar-refractivity contribution in [2.75, 3.05) is 11.9 Å². The Morgan fingerprint density at radius 3 is 2.89 bits per heavy atom. The number of aryl methyl sites for hydroxylation is 1. The second-order valence-electron chi connectivity index (χ2n) is 4.42. The quantitative estimate of drug-likeness (QED) is 0.892. The van der Waals surface area contributed by atoms with Crippen LogP contribution in [0, 0.1) is 6.92 Å². The second-order valence-corrected chi connectivity index (χ2v) is 4.42. The molecular weight excluding hydrogens is 238 g/mol. The molecule has 1 aromatic heterocycles. The van der Waals surface area contributed by atoms with Crippen molar-refractivity contribution in [1.82, 2.24) is 9.97 Å². The second kappa shape index (κ2) is 6.18. The largest absolute Gasteiger partial charge is 0.494 e. The Bertz CT molecular complexity index is 542. The molecule has 0 radical (unpaired) electrons. The highest BCUT2D eigenvalue weighted by atomic mass is 16.5. The van der Waals surface area contributed by atoms with Crippen molar-refractivity contribution < 1.29 is 4.74 Å². The van der Waals surface area contributed by atoms with Gasteiger partial charge in [0, 0.05) is 6.20 Å². The summed E-state index contributed by atoms with van der Waals surface area (Å²) in [6.07, 6.45) is 3.47. The molecular formula is C15H19N3O. The van der Waals surface area contributed by atoms with E-state index in [0.29, 0.717) is 6.61 Å². The topological polar surface area (TPSA) is 47.0 Å². The predicted molar refractivity (Wildman–Crippen MR) is 76.4 cm³/mol. The molecule has 0 fully saturated rings. The van der Waals surface area contributed by atoms with Gasteiger partial charge in [0.05, 0.1) is 24.5 Å². The van der Waals surface area contributed by atoms with Crippen LogP contribution >= 0.6 is 0 Å². The molecule has 0 aliphatic carbocycles. The third kappa shape index (κ3) is 3.68. The smallest absolute Gasteiger partial charge is 0.145 e. The highest BCUT2D eigenvalue weighted by Crippen LogP contribution is 2.21. The highest BCUT2D eigenvalue weighted by Gasteiger charge is 2.07. The Kier molecular flexibility index (Phi) is 4.34. The van der Waals surface area contributed by atoms with Gasteiger partial charge in [-0.05, 0) is 38.5 Å². The van der Waals surface area contributed by atoms with Crippen LogP contribution in [0.2, 0.25) is 0 Å². The van der Waals surface area contributed by atoms with E-state index in [2.05, 4.69) is 28.3 Å². The van der Waals surface area contributed by atoms with Crippen molar-refractivity contribution in [2.24, 2.45) is 0 Å². The van der Waals surface area contributed by atoms with Crippen LogP contribution in [-0.2, 0) is 0 Å². The molecule has 0 aliphatic rings. The lowest BCUT2D eigenvalue weighted by atomic mass is 10.1. The average molecular weight is 257 g/mol. The number of aromatic nitrogens is 2. The van der Waals surface area contributed by atoms with Gasteiger partial charge in [-0.1, -0.05) is 12.1 Å². The Morgan fingerprint density at radius 1 is 1.32 bits per heavy atom. The zero-order valence-corrected chi connectivity index (χ0v) is 11.6. The zero-order valence-electron chi connectivity index (χ0n) is 11.6. The Morgan fingerprint density at radius 2 is 2.16 bits per heavy atom. The van der Waals surface area contributed by atoms with Crippen LogP contribution in [0.4, 0.5) is 5.82 Å². The van der Waals surface area contributed by atoms with E-state index in [4.69, 9.17) is 4.74 Å². The first-order chi connectivity index (χ1) is 9.19. The Hall–Kier alpha value is -2.10. The summed E-state index contributed by atoms with van der Waals surface area (Å²) < 4.78 is 5.51. The molecule has 4 nitrogen and oxygen atoms in total. The van der Waals surface area contributed by atoms with Crippen molar-refractivity contribution in [2.45, 2.75) is 26.8 Å². The first-order valence-electron chi connectivity index (χ1n) is 6.47. The standard InChI is InChI=1S/C15H19N3O/c1-4-19-14-7-5-6-13(8-14)12(3)18-15-10-16-9-11(2)17-15/h5-10,12H,4H2,1-3H3,(H,17,18). The van der Waals surface area contributed by atoms with Gasteiger partial charge in [0.25, 0.3) is 0 Å². The van der Waals surface area contributed by atoms with Crippen LogP contribution in [0.15, 0.2) is 36.7 Å². The molecule has 1 aromatic carbocycles. The monoisotopic (exact) mass is 257 g/mol. The van der Waals surface area contributed by atoms with Gasteiger partial charge < -0.3 is 10.1 Å². The number of rotatable bonds is 5. The minimum atomic E-state index is 0.150. The molecule has 1 N–H and O–H groups in total. The van der Waals surface area contributed by atoms with E-state index >= 15 is 0 Å². The Balaban J connectivity index is 2.11. The van der Waals surface area contributed by atoms with Gasteiger partial charge in [0.1, 0.15) is 11.6 Å². The highest BCUT2D eigenvalue weighted by molar-refractivity contribution is 5.38. The van der Waals surface area contributed by atoms with Crippen molar-refractivity contribution >= 4 is 5.82 Å². The first kappa shape index (κ1) is 13.3. The van der Waals surface area contributed by atoms with Crippen LogP contribution < -0.4 is 10.1 Å². The third-order valence-corrected chi connectivity index (χ3v) is 2.79. The zero-order chi connectivity index (χ0) is 13.7. The summed E-state index contributed by atoms with van der Waals surface area (Å²) in [7, 11) is 0. The van der Waals surface area contributed by atoms with Gasteiger partial charge in [-0.15, -0.1) is 0 Å². The lowest BCUT2D eigenvalue weighted by Gasteiger charge is -2.16. The van der Waals surface area contributed by atoms with Gasteiger partial charge in [0.15, 0.2) is 0 Å². The van der Waals surface area contributed by atoms with E-state index in [9.17, 15) is 0 Å². The normalized spacial score (nSPS) is 11.9. The molecule has 0 saturated heterocycles. The number of anilines is 1. The molecule has 1 heterocycles. The van der Waals surface area contributed by atoms with Gasteiger partial charge >= 0.3 is 0 Å². The molecule has 4 heteroatoms. The van der Waals surface area contributed by atoms with Crippen LogP contribution in [0.3, 0.4) is 0 Å². The summed E-state index contributed by atoms with van der Waals surface area (Å²) in [6, 6.07) is 8.23. The number of nitrogens with one attached hydrogen (secondary N) is 1. The molecule has 0 spiro atoms. The van der Waals surface area contributed by atoms with E-state index in [1.54, 1.807) is 12.4 Å². The average Bonchev–Trinajstić information content (AvgIpc) is 2.39. The summed E-state index contributed by atoms with van der Waals surface area (Å²) in [4.78, 5) is 8.52. The SMILES string of the molecule is CCOc1cccc(C(C)Nc2cncc(C)n2)c1. The third-order valence-electron chi connectivity index (χ3n) is 2.79. The van der Waals surface area contributed by atoms with E-state index in [1.165, 1.54) is 0 Å². The van der Waals surface area contributed by atoms with Gasteiger partial charge in [-0.3, -0.25) is 4.98 Å². The maximum absolute atomic E-state index is 5.51. The molecule has 100 valence electrons. The maximum Gasteiger partial charge on any atom is 0.145 e.